The Bertz CT molecular complexity index is 1440. The van der Waals surface area contributed by atoms with Gasteiger partial charge in [-0.05, 0) is 124 Å². The molecule has 5 aliphatic carbocycles. The van der Waals surface area contributed by atoms with Crippen LogP contribution in [-0.4, -0.2) is 138 Å². The lowest BCUT2D eigenvalue weighted by atomic mass is 9.41. The number of aliphatic hydroxyl groups excluding tert-OH is 1. The van der Waals surface area contributed by atoms with Gasteiger partial charge in [0.25, 0.3) is 0 Å². The van der Waals surface area contributed by atoms with E-state index in [0.717, 1.165) is 65.0 Å². The lowest BCUT2D eigenvalue weighted by molar-refractivity contribution is -0.253. The molecule has 4 saturated heterocycles. The van der Waals surface area contributed by atoms with Crippen LogP contribution in [0.25, 0.3) is 0 Å². The standard InChI is InChI=1S/C44H73N3O7/c1-9-51-38(40(5,6)50)29-21-27(2)35-36(53-29)37(49)42(8)31-12-11-30-39(3,4)32(13-14-43(30)26-44(31,43)16-15-41(35,42)7)54-34-25-47(19-20-52-34)28-22-45(23-28)24-33(48)46-17-10-18-46/h27-32,34-38,49-50H,9-26H2,1-8H3/t27-,29-,30+,31+,32+,34+,35+,36+,37+,38+,41-,42-,43-,44+/m1/s1. The Labute approximate surface area is 325 Å². The number of rotatable bonds is 9. The number of fused-ring (bicyclic) bond motifs is 4. The Hall–Kier alpha value is -0.850. The molecule has 14 atom stereocenters. The first-order valence-electron chi connectivity index (χ1n) is 22.2. The summed E-state index contributed by atoms with van der Waals surface area (Å²) in [6, 6.07) is 0.480. The van der Waals surface area contributed by atoms with Crippen LogP contribution in [0, 0.1) is 50.7 Å². The van der Waals surface area contributed by atoms with Gasteiger partial charge in [0.1, 0.15) is 6.10 Å². The molecule has 0 unspecified atom stereocenters. The summed E-state index contributed by atoms with van der Waals surface area (Å²) in [7, 11) is 0. The second kappa shape index (κ2) is 13.1. The fraction of sp³-hybridized carbons (Fsp3) is 0.977. The number of carbonyl (C=O) groups excluding carboxylic acids is 1. The molecule has 4 heterocycles. The summed E-state index contributed by atoms with van der Waals surface area (Å²) >= 11 is 0. The number of carbonyl (C=O) groups is 1. The van der Waals surface area contributed by atoms with Crippen LogP contribution < -0.4 is 0 Å². The van der Waals surface area contributed by atoms with Crippen LogP contribution in [-0.2, 0) is 23.7 Å². The minimum atomic E-state index is -1.02. The van der Waals surface area contributed by atoms with Gasteiger partial charge < -0.3 is 34.1 Å². The van der Waals surface area contributed by atoms with Gasteiger partial charge in [-0.15, -0.1) is 0 Å². The maximum Gasteiger partial charge on any atom is 0.236 e. The van der Waals surface area contributed by atoms with E-state index in [1.807, 2.05) is 25.7 Å². The molecule has 0 radical (unpaired) electrons. The van der Waals surface area contributed by atoms with E-state index < -0.39 is 17.8 Å². The third kappa shape index (κ3) is 5.41. The maximum absolute atomic E-state index is 12.7. The molecule has 0 bridgehead atoms. The normalized spacial score (nSPS) is 49.4. The zero-order valence-corrected chi connectivity index (χ0v) is 34.9. The van der Waals surface area contributed by atoms with Crippen molar-refractivity contribution in [1.29, 1.82) is 0 Å². The molecule has 2 spiro atoms. The van der Waals surface area contributed by atoms with Crippen LogP contribution in [0.4, 0.5) is 0 Å². The average Bonchev–Trinajstić information content (AvgIpc) is 3.70. The summed E-state index contributed by atoms with van der Waals surface area (Å²) in [5.41, 5.74) is -0.573. The second-order valence-electron chi connectivity index (χ2n) is 21.6. The van der Waals surface area contributed by atoms with Crippen molar-refractivity contribution in [1.82, 2.24) is 14.7 Å². The van der Waals surface area contributed by atoms with Gasteiger partial charge in [0.2, 0.25) is 5.91 Å². The molecular formula is C44H73N3O7. The Morgan fingerprint density at radius 3 is 2.39 bits per heavy atom. The van der Waals surface area contributed by atoms with Crippen molar-refractivity contribution in [3.63, 3.8) is 0 Å². The van der Waals surface area contributed by atoms with Crippen molar-refractivity contribution in [3.05, 3.63) is 0 Å². The van der Waals surface area contributed by atoms with Gasteiger partial charge in [-0.3, -0.25) is 14.6 Å². The van der Waals surface area contributed by atoms with Crippen LogP contribution in [0.2, 0.25) is 0 Å². The number of ether oxygens (including phenoxy) is 4. The van der Waals surface area contributed by atoms with Gasteiger partial charge in [-0.2, -0.15) is 0 Å². The van der Waals surface area contributed by atoms with Crippen molar-refractivity contribution in [2.24, 2.45) is 50.7 Å². The highest BCUT2D eigenvalue weighted by Gasteiger charge is 2.84. The lowest BCUT2D eigenvalue weighted by Gasteiger charge is -2.64. The number of morpholine rings is 1. The van der Waals surface area contributed by atoms with E-state index >= 15 is 0 Å². The predicted molar refractivity (Wildman–Crippen MR) is 205 cm³/mol. The predicted octanol–water partition coefficient (Wildman–Crippen LogP) is 4.94. The summed E-state index contributed by atoms with van der Waals surface area (Å²) in [4.78, 5) is 19.3. The molecule has 0 aromatic carbocycles. The van der Waals surface area contributed by atoms with Gasteiger partial charge in [-0.25, -0.2) is 0 Å². The molecule has 0 aromatic heterocycles. The summed E-state index contributed by atoms with van der Waals surface area (Å²) in [5, 5.41) is 23.8. The number of hydrogen-bond acceptors (Lipinski definition) is 9. The topological polar surface area (TPSA) is 104 Å². The number of hydrogen-bond donors (Lipinski definition) is 2. The number of nitrogens with zero attached hydrogens (tertiary/aromatic N) is 3. The zero-order chi connectivity index (χ0) is 38.2. The third-order valence-electron chi connectivity index (χ3n) is 18.5. The van der Waals surface area contributed by atoms with E-state index in [0.29, 0.717) is 54.9 Å². The van der Waals surface area contributed by atoms with E-state index in [1.54, 1.807) is 0 Å². The van der Waals surface area contributed by atoms with Gasteiger partial charge in [0.15, 0.2) is 6.29 Å². The van der Waals surface area contributed by atoms with E-state index in [9.17, 15) is 15.0 Å². The molecule has 1 amide bonds. The molecule has 5 saturated carbocycles. The molecule has 10 nitrogen and oxygen atoms in total. The summed E-state index contributed by atoms with van der Waals surface area (Å²) < 4.78 is 26.5. The quantitative estimate of drug-likeness (QED) is 0.339. The van der Waals surface area contributed by atoms with Crippen LogP contribution in [0.1, 0.15) is 113 Å². The van der Waals surface area contributed by atoms with Crippen molar-refractivity contribution in [2.45, 2.75) is 162 Å². The molecule has 4 aliphatic heterocycles. The first-order valence-corrected chi connectivity index (χ1v) is 22.2. The smallest absolute Gasteiger partial charge is 0.236 e. The molecule has 306 valence electrons. The van der Waals surface area contributed by atoms with Crippen LogP contribution in [0.5, 0.6) is 0 Å². The molecule has 9 fully saturated rings. The van der Waals surface area contributed by atoms with E-state index in [1.165, 1.54) is 32.1 Å². The SMILES string of the molecule is CCO[C@@H]([C@H]1C[C@@H](C)[C@H]2[C@H](O1)[C@H](O)[C@@]1(C)[C@@H]3CC[C@H]4C(C)(C)[C@@H](O[C@H]5CN(C6CN(CC(=O)N7CCC7)C6)CCO5)CC[C@@]45C[C@@]35CC[C@]21C)C(C)(C)O. The molecule has 0 aromatic rings. The van der Waals surface area contributed by atoms with Crippen molar-refractivity contribution in [3.8, 4) is 0 Å². The largest absolute Gasteiger partial charge is 0.390 e. The number of aliphatic hydroxyl groups is 2. The van der Waals surface area contributed by atoms with Crippen LogP contribution >= 0.6 is 0 Å². The summed E-state index contributed by atoms with van der Waals surface area (Å²) in [6.45, 7) is 25.3. The van der Waals surface area contributed by atoms with Gasteiger partial charge >= 0.3 is 0 Å². The molecule has 9 rings (SSSR count). The Kier molecular flexibility index (Phi) is 9.36. The van der Waals surface area contributed by atoms with E-state index in [-0.39, 0.29) is 52.2 Å². The monoisotopic (exact) mass is 756 g/mol. The van der Waals surface area contributed by atoms with Crippen LogP contribution in [0.15, 0.2) is 0 Å². The fourth-order valence-electron chi connectivity index (χ4n) is 15.7. The van der Waals surface area contributed by atoms with Gasteiger partial charge in [0.05, 0.1) is 43.2 Å². The van der Waals surface area contributed by atoms with E-state index in [2.05, 4.69) is 44.4 Å². The van der Waals surface area contributed by atoms with Crippen molar-refractivity contribution < 1.29 is 34.0 Å². The lowest BCUT2D eigenvalue weighted by Crippen LogP contribution is -2.64. The molecule has 54 heavy (non-hydrogen) atoms. The second-order valence-corrected chi connectivity index (χ2v) is 21.6. The Morgan fingerprint density at radius 2 is 1.70 bits per heavy atom. The number of amides is 1. The average molecular weight is 756 g/mol. The minimum absolute atomic E-state index is 0.00534. The van der Waals surface area contributed by atoms with Gasteiger partial charge in [0, 0.05) is 57.3 Å². The summed E-state index contributed by atoms with van der Waals surface area (Å²) in [6.07, 6.45) is 8.94. The first kappa shape index (κ1) is 38.7. The zero-order valence-electron chi connectivity index (χ0n) is 34.9. The van der Waals surface area contributed by atoms with Gasteiger partial charge in [-0.1, -0.05) is 34.6 Å². The fourth-order valence-corrected chi connectivity index (χ4v) is 15.7. The van der Waals surface area contributed by atoms with Crippen molar-refractivity contribution in [2.75, 3.05) is 59.0 Å². The molecule has 9 aliphatic rings. The number of likely N-dealkylation sites (tertiary alicyclic amines) is 2. The molecule has 2 N–H and O–H groups in total. The van der Waals surface area contributed by atoms with E-state index in [4.69, 9.17) is 18.9 Å². The third-order valence-corrected chi connectivity index (χ3v) is 18.5. The molecule has 10 heteroatoms. The van der Waals surface area contributed by atoms with Crippen LogP contribution in [0.3, 0.4) is 0 Å². The van der Waals surface area contributed by atoms with Crippen molar-refractivity contribution >= 4 is 5.91 Å². The highest BCUT2D eigenvalue weighted by atomic mass is 16.7. The molecular weight excluding hydrogens is 682 g/mol. The first-order chi connectivity index (χ1) is 25.5. The maximum atomic E-state index is 12.7. The highest BCUT2D eigenvalue weighted by Crippen LogP contribution is 2.89. The minimum Gasteiger partial charge on any atom is -0.390 e. The Balaban J connectivity index is 0.872. The highest BCUT2D eigenvalue weighted by molar-refractivity contribution is 5.79. The Morgan fingerprint density at radius 1 is 0.981 bits per heavy atom. The summed E-state index contributed by atoms with van der Waals surface area (Å²) in [5.74, 6) is 2.06.